The molecule has 0 aromatic heterocycles. The van der Waals surface area contributed by atoms with Gasteiger partial charge in [0, 0.05) is 17.0 Å². The Morgan fingerprint density at radius 2 is 1.77 bits per heavy atom. The molecule has 1 aliphatic heterocycles. The van der Waals surface area contributed by atoms with E-state index in [1.807, 2.05) is 30.3 Å². The molecule has 0 saturated carbocycles. The Bertz CT molecular complexity index is 911. The highest BCUT2D eigenvalue weighted by atomic mass is 16.6. The van der Waals surface area contributed by atoms with Crippen LogP contribution in [0.15, 0.2) is 72.3 Å². The zero-order valence-electron chi connectivity index (χ0n) is 18.7. The summed E-state index contributed by atoms with van der Waals surface area (Å²) >= 11 is 0. The lowest BCUT2D eigenvalue weighted by Gasteiger charge is -2.55. The highest BCUT2D eigenvalue weighted by Crippen LogP contribution is 2.53. The van der Waals surface area contributed by atoms with Crippen LogP contribution in [0.4, 0.5) is 10.5 Å². The van der Waals surface area contributed by atoms with Crippen molar-refractivity contribution in [2.75, 3.05) is 18.5 Å². The molecule has 2 aromatic carbocycles. The van der Waals surface area contributed by atoms with Crippen molar-refractivity contribution < 1.29 is 14.3 Å². The van der Waals surface area contributed by atoms with Crippen molar-refractivity contribution in [3.05, 3.63) is 77.9 Å². The Hall–Kier alpha value is -2.59. The van der Waals surface area contributed by atoms with Crippen LogP contribution in [-0.2, 0) is 15.9 Å². The summed E-state index contributed by atoms with van der Waals surface area (Å²) in [6.45, 7) is 7.75. The second-order valence-corrected chi connectivity index (χ2v) is 9.19. The smallest absolute Gasteiger partial charge is 0.411 e. The minimum atomic E-state index is -0.408. The second-order valence-electron chi connectivity index (χ2n) is 9.19. The molecule has 1 N–H and O–H groups in total. The van der Waals surface area contributed by atoms with Crippen molar-refractivity contribution in [3.63, 3.8) is 0 Å². The standard InChI is InChI=1S/C27H33NO3/c1-19-16-20(2)27(18-31-26(29)28-23-12-8-5-9-13-23)17-30-24(25(19)21(27)3)15-14-22-10-6-4-7-11-22/h4-13,16,20-21,24-25H,14-15,17-18H2,1-3H3,(H,28,29)/t20-,21-,24-,25-,27-/m1/s1. The molecular formula is C27H33NO3. The Kier molecular flexibility index (Phi) is 6.47. The van der Waals surface area contributed by atoms with Crippen molar-refractivity contribution in [2.45, 2.75) is 39.7 Å². The molecule has 0 unspecified atom stereocenters. The Balaban J connectivity index is 1.43. The zero-order chi connectivity index (χ0) is 21.8. The highest BCUT2D eigenvalue weighted by Gasteiger charge is 2.54. The fraction of sp³-hybridized carbons (Fsp3) is 0.444. The predicted octanol–water partition coefficient (Wildman–Crippen LogP) is 6.10. The summed E-state index contributed by atoms with van der Waals surface area (Å²) in [5.74, 6) is 1.03. The fourth-order valence-electron chi connectivity index (χ4n) is 5.48. The third-order valence-electron chi connectivity index (χ3n) is 7.41. The summed E-state index contributed by atoms with van der Waals surface area (Å²) in [6.07, 6.45) is 4.19. The molecule has 2 bridgehead atoms. The second kappa shape index (κ2) is 9.27. The number of carbonyl (C=O) groups is 1. The van der Waals surface area contributed by atoms with E-state index in [0.29, 0.717) is 31.0 Å². The molecular weight excluding hydrogens is 386 g/mol. The number of rotatable bonds is 6. The van der Waals surface area contributed by atoms with Crippen LogP contribution in [0.1, 0.15) is 32.8 Å². The first-order valence-electron chi connectivity index (χ1n) is 11.3. The van der Waals surface area contributed by atoms with Gasteiger partial charge in [-0.15, -0.1) is 0 Å². The monoisotopic (exact) mass is 419 g/mol. The van der Waals surface area contributed by atoms with E-state index in [1.54, 1.807) is 0 Å². The van der Waals surface area contributed by atoms with Gasteiger partial charge in [0.1, 0.15) is 6.61 Å². The minimum absolute atomic E-state index is 0.193. The third-order valence-corrected chi connectivity index (χ3v) is 7.41. The lowest BCUT2D eigenvalue weighted by atomic mass is 9.56. The van der Waals surface area contributed by atoms with E-state index in [-0.39, 0.29) is 11.5 Å². The summed E-state index contributed by atoms with van der Waals surface area (Å²) < 4.78 is 12.2. The highest BCUT2D eigenvalue weighted by molar-refractivity contribution is 5.84. The molecule has 1 amide bonds. The zero-order valence-corrected chi connectivity index (χ0v) is 18.7. The molecule has 1 saturated heterocycles. The number of benzene rings is 2. The number of amides is 1. The maximum Gasteiger partial charge on any atom is 0.411 e. The van der Waals surface area contributed by atoms with Gasteiger partial charge in [0.05, 0.1) is 12.7 Å². The number of fused-ring (bicyclic) bond motifs is 2. The van der Waals surface area contributed by atoms with E-state index in [0.717, 1.165) is 18.5 Å². The van der Waals surface area contributed by atoms with Gasteiger partial charge in [-0.3, -0.25) is 5.32 Å². The van der Waals surface area contributed by atoms with E-state index in [2.05, 4.69) is 62.5 Å². The van der Waals surface area contributed by atoms with E-state index in [1.165, 1.54) is 11.1 Å². The minimum Gasteiger partial charge on any atom is -0.449 e. The number of hydrogen-bond donors (Lipinski definition) is 1. The number of anilines is 1. The van der Waals surface area contributed by atoms with Crippen LogP contribution in [0.3, 0.4) is 0 Å². The van der Waals surface area contributed by atoms with E-state index in [4.69, 9.17) is 9.47 Å². The molecule has 31 heavy (non-hydrogen) atoms. The van der Waals surface area contributed by atoms with E-state index < -0.39 is 6.09 Å². The predicted molar refractivity (Wildman–Crippen MR) is 124 cm³/mol. The quantitative estimate of drug-likeness (QED) is 0.575. The van der Waals surface area contributed by atoms with Gasteiger partial charge in [0.25, 0.3) is 0 Å². The van der Waals surface area contributed by atoms with Gasteiger partial charge in [0.15, 0.2) is 0 Å². The molecule has 1 aliphatic carbocycles. The number of para-hydroxylation sites is 1. The van der Waals surface area contributed by atoms with Crippen LogP contribution in [-0.4, -0.2) is 25.4 Å². The molecule has 0 spiro atoms. The Labute approximate surface area is 185 Å². The van der Waals surface area contributed by atoms with Crippen molar-refractivity contribution in [1.82, 2.24) is 0 Å². The van der Waals surface area contributed by atoms with Crippen LogP contribution in [0.2, 0.25) is 0 Å². The van der Waals surface area contributed by atoms with Crippen LogP contribution < -0.4 is 5.32 Å². The van der Waals surface area contributed by atoms with Crippen molar-refractivity contribution >= 4 is 11.8 Å². The molecule has 1 heterocycles. The lowest BCUT2D eigenvalue weighted by molar-refractivity contribution is -0.164. The molecule has 2 aromatic rings. The number of allylic oxidation sites excluding steroid dienone is 1. The molecule has 4 nitrogen and oxygen atoms in total. The van der Waals surface area contributed by atoms with Gasteiger partial charge >= 0.3 is 6.09 Å². The molecule has 5 atom stereocenters. The van der Waals surface area contributed by atoms with Gasteiger partial charge in [-0.25, -0.2) is 4.79 Å². The average molecular weight is 420 g/mol. The summed E-state index contributed by atoms with van der Waals surface area (Å²) in [5, 5.41) is 2.82. The van der Waals surface area contributed by atoms with Gasteiger partial charge in [0.2, 0.25) is 0 Å². The number of hydrogen-bond acceptors (Lipinski definition) is 3. The van der Waals surface area contributed by atoms with Gasteiger partial charge < -0.3 is 9.47 Å². The van der Waals surface area contributed by atoms with Gasteiger partial charge in [-0.05, 0) is 49.3 Å². The number of aryl methyl sites for hydroxylation is 1. The van der Waals surface area contributed by atoms with Crippen molar-refractivity contribution in [1.29, 1.82) is 0 Å². The summed E-state index contributed by atoms with van der Waals surface area (Å²) in [6, 6.07) is 20.0. The first-order chi connectivity index (χ1) is 15.0. The third kappa shape index (κ3) is 4.54. The molecule has 4 heteroatoms. The van der Waals surface area contributed by atoms with Crippen molar-refractivity contribution in [2.24, 2.45) is 23.2 Å². The lowest BCUT2D eigenvalue weighted by Crippen LogP contribution is -2.57. The van der Waals surface area contributed by atoms with Crippen molar-refractivity contribution in [3.8, 4) is 0 Å². The molecule has 2 aliphatic rings. The Morgan fingerprint density at radius 3 is 2.48 bits per heavy atom. The molecule has 1 fully saturated rings. The van der Waals surface area contributed by atoms with Gasteiger partial charge in [-0.2, -0.15) is 0 Å². The maximum atomic E-state index is 12.4. The number of ether oxygens (including phenoxy) is 2. The maximum absolute atomic E-state index is 12.4. The fourth-order valence-corrected chi connectivity index (χ4v) is 5.48. The molecule has 0 radical (unpaired) electrons. The summed E-state index contributed by atoms with van der Waals surface area (Å²) in [4.78, 5) is 12.4. The SMILES string of the molecule is CC1=C[C@@H](C)[C@]2(COC(=O)Nc3ccccc3)CO[C@H](CCc3ccccc3)[C@H]1[C@H]2C. The molecule has 164 valence electrons. The van der Waals surface area contributed by atoms with Gasteiger partial charge in [-0.1, -0.05) is 74.0 Å². The van der Waals surface area contributed by atoms with Crippen LogP contribution in [0, 0.1) is 23.2 Å². The van der Waals surface area contributed by atoms with E-state index in [9.17, 15) is 4.79 Å². The van der Waals surface area contributed by atoms with Crippen LogP contribution in [0.5, 0.6) is 0 Å². The average Bonchev–Trinajstić information content (AvgIpc) is 2.77. The van der Waals surface area contributed by atoms with Crippen LogP contribution in [0.25, 0.3) is 0 Å². The Morgan fingerprint density at radius 1 is 1.10 bits per heavy atom. The number of nitrogens with one attached hydrogen (secondary N) is 1. The van der Waals surface area contributed by atoms with E-state index >= 15 is 0 Å². The summed E-state index contributed by atoms with van der Waals surface area (Å²) in [7, 11) is 0. The number of carbonyl (C=O) groups excluding carboxylic acids is 1. The van der Waals surface area contributed by atoms with Crippen LogP contribution >= 0.6 is 0 Å². The molecule has 4 rings (SSSR count). The first-order valence-corrected chi connectivity index (χ1v) is 11.3. The normalized spacial score (nSPS) is 29.7. The topological polar surface area (TPSA) is 47.6 Å². The summed E-state index contributed by atoms with van der Waals surface area (Å²) in [5.41, 5.74) is 3.30. The largest absolute Gasteiger partial charge is 0.449 e. The first kappa shape index (κ1) is 21.6.